The summed E-state index contributed by atoms with van der Waals surface area (Å²) < 4.78 is 16.6. The first-order chi connectivity index (χ1) is 22.3. The number of nitrogens with zero attached hydrogens (tertiary/aromatic N) is 1. The third kappa shape index (κ3) is 9.92. The number of hydrogen-bond donors (Lipinski definition) is 3. The molecule has 0 bridgehead atoms. The van der Waals surface area contributed by atoms with Gasteiger partial charge in [-0.1, -0.05) is 36.4 Å². The van der Waals surface area contributed by atoms with Crippen LogP contribution in [0.2, 0.25) is 0 Å². The standard InChI is InChI=1S/C37H40N4O6/c1-23-13-16-29(21-31(23)39-33(42)27-14-17-30(18-15-27)46-22-26-11-9-8-10-12-26)38-35(41-36(44)47-37(4,5)6)40-34(43)28-19-24(2)25(3)32(20-28)45-7/h8-21H,22H2,1-7H3,(H,39,42)(H2,38,40,41,43,44). The Morgan fingerprint density at radius 1 is 0.766 bits per heavy atom. The van der Waals surface area contributed by atoms with E-state index in [4.69, 9.17) is 14.2 Å². The van der Waals surface area contributed by atoms with Crippen LogP contribution in [0.25, 0.3) is 0 Å². The molecule has 0 radical (unpaired) electrons. The number of guanidine groups is 1. The van der Waals surface area contributed by atoms with Gasteiger partial charge in [-0.25, -0.2) is 9.79 Å². The molecule has 0 aliphatic rings. The van der Waals surface area contributed by atoms with Crippen LogP contribution in [-0.2, 0) is 11.3 Å². The number of hydrogen-bond acceptors (Lipinski definition) is 7. The van der Waals surface area contributed by atoms with Gasteiger partial charge in [0.1, 0.15) is 23.7 Å². The molecule has 0 heterocycles. The lowest BCUT2D eigenvalue weighted by atomic mass is 10.0. The summed E-state index contributed by atoms with van der Waals surface area (Å²) in [7, 11) is 1.53. The van der Waals surface area contributed by atoms with Crippen molar-refractivity contribution in [3.63, 3.8) is 0 Å². The monoisotopic (exact) mass is 636 g/mol. The van der Waals surface area contributed by atoms with Gasteiger partial charge in [-0.3, -0.25) is 20.2 Å². The van der Waals surface area contributed by atoms with Gasteiger partial charge >= 0.3 is 6.09 Å². The fraction of sp³-hybridized carbons (Fsp3) is 0.243. The number of benzene rings is 4. The first-order valence-corrected chi connectivity index (χ1v) is 15.1. The van der Waals surface area contributed by atoms with Gasteiger partial charge in [0.2, 0.25) is 5.96 Å². The first-order valence-electron chi connectivity index (χ1n) is 15.1. The van der Waals surface area contributed by atoms with E-state index in [0.717, 1.165) is 22.3 Å². The van der Waals surface area contributed by atoms with Crippen molar-refractivity contribution in [2.24, 2.45) is 4.99 Å². The number of carbonyl (C=O) groups is 3. The Morgan fingerprint density at radius 2 is 1.47 bits per heavy atom. The van der Waals surface area contributed by atoms with Gasteiger partial charge in [-0.15, -0.1) is 0 Å². The lowest BCUT2D eigenvalue weighted by Crippen LogP contribution is -2.45. The largest absolute Gasteiger partial charge is 0.496 e. The Morgan fingerprint density at radius 3 is 2.13 bits per heavy atom. The third-order valence-corrected chi connectivity index (χ3v) is 7.03. The lowest BCUT2D eigenvalue weighted by Gasteiger charge is -2.20. The average Bonchev–Trinajstić information content (AvgIpc) is 3.02. The van der Waals surface area contributed by atoms with Gasteiger partial charge in [0, 0.05) is 16.8 Å². The molecule has 0 saturated heterocycles. The number of methoxy groups -OCH3 is 1. The number of amides is 3. The second-order valence-corrected chi connectivity index (χ2v) is 11.9. The summed E-state index contributed by atoms with van der Waals surface area (Å²) in [5, 5.41) is 8.12. The minimum Gasteiger partial charge on any atom is -0.496 e. The molecular formula is C37H40N4O6. The van der Waals surface area contributed by atoms with Crippen LogP contribution in [0.4, 0.5) is 16.2 Å². The van der Waals surface area contributed by atoms with Crippen LogP contribution in [0, 0.1) is 20.8 Å². The minimum absolute atomic E-state index is 0.159. The van der Waals surface area contributed by atoms with Crippen molar-refractivity contribution in [3.05, 3.63) is 118 Å². The predicted octanol–water partition coefficient (Wildman–Crippen LogP) is 7.39. The fourth-order valence-electron chi connectivity index (χ4n) is 4.42. The van der Waals surface area contributed by atoms with E-state index in [9.17, 15) is 14.4 Å². The van der Waals surface area contributed by atoms with Crippen LogP contribution in [0.15, 0.2) is 89.9 Å². The molecule has 47 heavy (non-hydrogen) atoms. The van der Waals surface area contributed by atoms with E-state index in [2.05, 4.69) is 20.9 Å². The number of anilines is 1. The van der Waals surface area contributed by atoms with Crippen molar-refractivity contribution >= 4 is 35.2 Å². The van der Waals surface area contributed by atoms with Crippen LogP contribution in [0.3, 0.4) is 0 Å². The van der Waals surface area contributed by atoms with Crippen LogP contribution in [-0.4, -0.2) is 36.6 Å². The highest BCUT2D eigenvalue weighted by molar-refractivity contribution is 6.10. The highest BCUT2D eigenvalue weighted by atomic mass is 16.6. The van der Waals surface area contributed by atoms with Gasteiger partial charge in [-0.05, 0) is 112 Å². The molecule has 0 aliphatic carbocycles. The SMILES string of the molecule is COc1cc(C(=O)NC(=Nc2ccc(C)c(NC(=O)c3ccc(OCc4ccccc4)cc3)c2)NC(=O)OC(C)(C)C)cc(C)c1C. The van der Waals surface area contributed by atoms with Crippen molar-refractivity contribution < 1.29 is 28.6 Å². The maximum Gasteiger partial charge on any atom is 0.414 e. The number of carbonyl (C=O) groups excluding carboxylic acids is 3. The summed E-state index contributed by atoms with van der Waals surface area (Å²) >= 11 is 0. The van der Waals surface area contributed by atoms with Gasteiger partial charge in [-0.2, -0.15) is 0 Å². The highest BCUT2D eigenvalue weighted by Gasteiger charge is 2.20. The third-order valence-electron chi connectivity index (χ3n) is 7.03. The maximum atomic E-state index is 13.3. The minimum atomic E-state index is -0.800. The molecule has 3 amide bonds. The molecule has 0 aromatic heterocycles. The normalized spacial score (nSPS) is 11.3. The van der Waals surface area contributed by atoms with E-state index in [-0.39, 0.29) is 11.9 Å². The van der Waals surface area contributed by atoms with Crippen LogP contribution in [0.1, 0.15) is 63.7 Å². The molecular weight excluding hydrogens is 596 g/mol. The van der Waals surface area contributed by atoms with Crippen molar-refractivity contribution in [1.29, 1.82) is 0 Å². The van der Waals surface area contributed by atoms with E-state index >= 15 is 0 Å². The van der Waals surface area contributed by atoms with Crippen molar-refractivity contribution in [1.82, 2.24) is 10.6 Å². The van der Waals surface area contributed by atoms with Crippen molar-refractivity contribution in [2.45, 2.75) is 53.8 Å². The number of alkyl carbamates (subject to hydrolysis) is 1. The summed E-state index contributed by atoms with van der Waals surface area (Å²) in [5.41, 5.74) is 4.43. The van der Waals surface area contributed by atoms with Crippen LogP contribution in [0.5, 0.6) is 11.5 Å². The maximum absolute atomic E-state index is 13.3. The molecule has 4 aromatic carbocycles. The Balaban J connectivity index is 1.53. The number of rotatable bonds is 8. The van der Waals surface area contributed by atoms with Gasteiger partial charge < -0.3 is 19.5 Å². The molecule has 0 fully saturated rings. The van der Waals surface area contributed by atoms with Crippen molar-refractivity contribution in [2.75, 3.05) is 12.4 Å². The van der Waals surface area contributed by atoms with Gasteiger partial charge in [0.05, 0.1) is 12.8 Å². The predicted molar refractivity (Wildman–Crippen MR) is 183 cm³/mol. The fourth-order valence-corrected chi connectivity index (χ4v) is 4.42. The summed E-state index contributed by atoms with van der Waals surface area (Å²) in [5.74, 6) is 0.200. The zero-order valence-electron chi connectivity index (χ0n) is 27.7. The summed E-state index contributed by atoms with van der Waals surface area (Å²) in [6, 6.07) is 25.1. The van der Waals surface area contributed by atoms with Crippen LogP contribution < -0.4 is 25.4 Å². The van der Waals surface area contributed by atoms with Crippen LogP contribution >= 0.6 is 0 Å². The summed E-state index contributed by atoms with van der Waals surface area (Å²) in [6.45, 7) is 11.2. The Kier molecular flexibility index (Phi) is 11.0. The smallest absolute Gasteiger partial charge is 0.414 e. The number of nitrogens with one attached hydrogen (secondary N) is 3. The van der Waals surface area contributed by atoms with E-state index in [1.807, 2.05) is 51.1 Å². The van der Waals surface area contributed by atoms with E-state index in [1.165, 1.54) is 7.11 Å². The van der Waals surface area contributed by atoms with E-state index in [1.54, 1.807) is 75.4 Å². The molecule has 3 N–H and O–H groups in total. The first kappa shape index (κ1) is 34.2. The molecule has 0 aliphatic heterocycles. The second-order valence-electron chi connectivity index (χ2n) is 11.9. The molecule has 10 heteroatoms. The average molecular weight is 637 g/mol. The van der Waals surface area contributed by atoms with E-state index < -0.39 is 17.6 Å². The zero-order valence-corrected chi connectivity index (χ0v) is 27.7. The molecule has 0 saturated carbocycles. The summed E-state index contributed by atoms with van der Waals surface area (Å²) in [6.07, 6.45) is -0.800. The van der Waals surface area contributed by atoms with Crippen molar-refractivity contribution in [3.8, 4) is 11.5 Å². The molecule has 244 valence electrons. The Bertz CT molecular complexity index is 1780. The second kappa shape index (κ2) is 15.1. The van der Waals surface area contributed by atoms with Gasteiger partial charge in [0.25, 0.3) is 11.8 Å². The molecule has 4 aromatic rings. The molecule has 4 rings (SSSR count). The molecule has 10 nitrogen and oxygen atoms in total. The number of aliphatic imine (C=N–C) groups is 1. The number of ether oxygens (including phenoxy) is 3. The molecule has 0 spiro atoms. The lowest BCUT2D eigenvalue weighted by molar-refractivity contribution is 0.0561. The summed E-state index contributed by atoms with van der Waals surface area (Å²) in [4.78, 5) is 43.6. The zero-order chi connectivity index (χ0) is 34.1. The Hall–Kier alpha value is -5.64. The van der Waals surface area contributed by atoms with Gasteiger partial charge in [0.15, 0.2) is 0 Å². The Labute approximate surface area is 275 Å². The molecule has 0 unspecified atom stereocenters. The highest BCUT2D eigenvalue weighted by Crippen LogP contribution is 2.25. The quantitative estimate of drug-likeness (QED) is 0.137. The van der Waals surface area contributed by atoms with E-state index in [0.29, 0.717) is 40.6 Å². The molecule has 0 atom stereocenters. The number of aryl methyl sites for hydroxylation is 2. The topological polar surface area (TPSA) is 127 Å².